The van der Waals surface area contributed by atoms with Gasteiger partial charge < -0.3 is 5.32 Å². The van der Waals surface area contributed by atoms with Crippen LogP contribution in [0.15, 0.2) is 4.99 Å². The van der Waals surface area contributed by atoms with Crippen molar-refractivity contribution in [1.82, 2.24) is 5.32 Å². The van der Waals surface area contributed by atoms with Crippen LogP contribution in [-0.2, 0) is 0 Å². The lowest BCUT2D eigenvalue weighted by Gasteiger charge is -2.35. The van der Waals surface area contributed by atoms with Gasteiger partial charge in [-0.25, -0.2) is 0 Å². The number of thioether (sulfide) groups is 1. The summed E-state index contributed by atoms with van der Waals surface area (Å²) in [6.45, 7) is 10.4. The molecule has 1 N–H and O–H groups in total. The van der Waals surface area contributed by atoms with E-state index in [1.54, 1.807) is 0 Å². The van der Waals surface area contributed by atoms with Crippen molar-refractivity contribution >= 4 is 16.9 Å². The Bertz CT molecular complexity index is 288. The number of hydrogen-bond acceptors (Lipinski definition) is 3. The highest BCUT2D eigenvalue weighted by Crippen LogP contribution is 2.32. The molecule has 3 heteroatoms. The molecule has 2 rings (SSSR count). The fourth-order valence-electron chi connectivity index (χ4n) is 2.76. The van der Waals surface area contributed by atoms with E-state index < -0.39 is 0 Å². The van der Waals surface area contributed by atoms with Gasteiger partial charge in [-0.15, -0.1) is 0 Å². The molecule has 0 bridgehead atoms. The number of aliphatic imine (C=N–C) groups is 1. The molecular weight excluding hydrogens is 228 g/mol. The van der Waals surface area contributed by atoms with Crippen molar-refractivity contribution < 1.29 is 0 Å². The number of rotatable bonds is 2. The molecule has 0 spiro atoms. The lowest BCUT2D eigenvalue weighted by atomic mass is 9.78. The lowest BCUT2D eigenvalue weighted by molar-refractivity contribution is 0.225. The maximum absolute atomic E-state index is 4.66. The van der Waals surface area contributed by atoms with Crippen LogP contribution >= 0.6 is 11.8 Å². The molecule has 2 nitrogen and oxygen atoms in total. The number of hydrogen-bond donors (Lipinski definition) is 1. The van der Waals surface area contributed by atoms with Crippen molar-refractivity contribution in [3.8, 4) is 0 Å². The number of nitrogens with one attached hydrogen (secondary N) is 1. The van der Waals surface area contributed by atoms with Crippen molar-refractivity contribution in [1.29, 1.82) is 0 Å². The normalized spacial score (nSPS) is 38.3. The first-order valence-corrected chi connectivity index (χ1v) is 7.93. The van der Waals surface area contributed by atoms with Crippen LogP contribution in [0.2, 0.25) is 0 Å². The van der Waals surface area contributed by atoms with Gasteiger partial charge in [-0.3, -0.25) is 4.99 Å². The molecule has 1 aliphatic carbocycles. The summed E-state index contributed by atoms with van der Waals surface area (Å²) in [7, 11) is 0. The minimum Gasteiger partial charge on any atom is -0.362 e. The standard InChI is InChI=1S/C14H26N2S/c1-9(2)13-8-15-14(17-13)16-12-7-5-6-10(3)11(12)4/h9-13H,5-8H2,1-4H3,(H,15,16). The highest BCUT2D eigenvalue weighted by Gasteiger charge is 2.30. The third-order valence-electron chi connectivity index (χ3n) is 4.44. The Morgan fingerprint density at radius 2 is 2.06 bits per heavy atom. The summed E-state index contributed by atoms with van der Waals surface area (Å²) in [5.74, 6) is 2.37. The molecule has 1 fully saturated rings. The summed E-state index contributed by atoms with van der Waals surface area (Å²) in [6.07, 6.45) is 4.08. The van der Waals surface area contributed by atoms with Gasteiger partial charge in [0.15, 0.2) is 5.17 Å². The third kappa shape index (κ3) is 3.18. The van der Waals surface area contributed by atoms with Gasteiger partial charge in [0.05, 0.1) is 6.54 Å². The summed E-state index contributed by atoms with van der Waals surface area (Å²) >= 11 is 1.95. The molecule has 2 aliphatic rings. The van der Waals surface area contributed by atoms with Crippen molar-refractivity contribution in [2.75, 3.05) is 6.54 Å². The average molecular weight is 254 g/mol. The molecule has 1 saturated carbocycles. The molecule has 0 saturated heterocycles. The second-order valence-corrected chi connectivity index (χ2v) is 7.29. The molecular formula is C14H26N2S. The van der Waals surface area contributed by atoms with Crippen LogP contribution in [0.3, 0.4) is 0 Å². The van der Waals surface area contributed by atoms with E-state index in [4.69, 9.17) is 0 Å². The quantitative estimate of drug-likeness (QED) is 0.815. The van der Waals surface area contributed by atoms with E-state index >= 15 is 0 Å². The first kappa shape index (κ1) is 13.3. The minimum atomic E-state index is 0.649. The molecule has 0 radical (unpaired) electrons. The summed E-state index contributed by atoms with van der Waals surface area (Å²) < 4.78 is 0. The Labute approximate surface area is 110 Å². The molecule has 0 aromatic heterocycles. The second kappa shape index (κ2) is 5.64. The van der Waals surface area contributed by atoms with Crippen LogP contribution in [0.5, 0.6) is 0 Å². The van der Waals surface area contributed by atoms with Crippen LogP contribution in [0.4, 0.5) is 0 Å². The largest absolute Gasteiger partial charge is 0.362 e. The first-order chi connectivity index (χ1) is 8.08. The molecule has 98 valence electrons. The van der Waals surface area contributed by atoms with E-state index in [-0.39, 0.29) is 0 Å². The van der Waals surface area contributed by atoms with E-state index in [1.807, 2.05) is 11.8 Å². The lowest BCUT2D eigenvalue weighted by Crippen LogP contribution is -2.42. The van der Waals surface area contributed by atoms with Crippen LogP contribution in [0.1, 0.15) is 47.0 Å². The van der Waals surface area contributed by atoms with Crippen molar-refractivity contribution in [3.63, 3.8) is 0 Å². The zero-order valence-corrected chi connectivity index (χ0v) is 12.4. The highest BCUT2D eigenvalue weighted by atomic mass is 32.2. The summed E-state index contributed by atoms with van der Waals surface area (Å²) in [6, 6.07) is 0.649. The van der Waals surface area contributed by atoms with Gasteiger partial charge >= 0.3 is 0 Å². The predicted molar refractivity (Wildman–Crippen MR) is 77.6 cm³/mol. The van der Waals surface area contributed by atoms with Crippen molar-refractivity contribution in [2.24, 2.45) is 22.7 Å². The average Bonchev–Trinajstić information content (AvgIpc) is 2.73. The Balaban J connectivity index is 1.85. The van der Waals surface area contributed by atoms with Gasteiger partial charge in [0.25, 0.3) is 0 Å². The van der Waals surface area contributed by atoms with Crippen LogP contribution in [0.25, 0.3) is 0 Å². The van der Waals surface area contributed by atoms with E-state index in [1.165, 1.54) is 24.4 Å². The summed E-state index contributed by atoms with van der Waals surface area (Å²) in [4.78, 5) is 4.66. The van der Waals surface area contributed by atoms with Crippen LogP contribution in [0, 0.1) is 17.8 Å². The van der Waals surface area contributed by atoms with Gasteiger partial charge in [-0.2, -0.15) is 0 Å². The van der Waals surface area contributed by atoms with Crippen LogP contribution in [-0.4, -0.2) is 23.0 Å². The molecule has 1 aliphatic heterocycles. The summed E-state index contributed by atoms with van der Waals surface area (Å²) in [5, 5.41) is 5.59. The zero-order valence-electron chi connectivity index (χ0n) is 11.6. The van der Waals surface area contributed by atoms with E-state index in [2.05, 4.69) is 38.0 Å². The SMILES string of the molecule is CC(C)C1CN=C(NC2CCCC(C)C2C)S1. The zero-order chi connectivity index (χ0) is 12.4. The molecule has 0 amide bonds. The van der Waals surface area contributed by atoms with E-state index in [9.17, 15) is 0 Å². The molecule has 4 unspecified atom stereocenters. The topological polar surface area (TPSA) is 24.4 Å². The molecule has 4 atom stereocenters. The Morgan fingerprint density at radius 3 is 2.71 bits per heavy atom. The molecule has 17 heavy (non-hydrogen) atoms. The van der Waals surface area contributed by atoms with Gasteiger partial charge in [0.1, 0.15) is 0 Å². The molecule has 1 heterocycles. The number of nitrogens with zero attached hydrogens (tertiary/aromatic N) is 1. The monoisotopic (exact) mass is 254 g/mol. The Morgan fingerprint density at radius 1 is 1.29 bits per heavy atom. The van der Waals surface area contributed by atoms with Gasteiger partial charge in [-0.1, -0.05) is 52.3 Å². The van der Waals surface area contributed by atoms with Crippen molar-refractivity contribution in [3.05, 3.63) is 0 Å². The fourth-order valence-corrected chi connectivity index (χ4v) is 3.84. The van der Waals surface area contributed by atoms with E-state index in [0.717, 1.165) is 24.3 Å². The third-order valence-corrected chi connectivity index (χ3v) is 5.90. The molecule has 0 aromatic rings. The smallest absolute Gasteiger partial charge is 0.157 e. The number of amidine groups is 1. The van der Waals surface area contributed by atoms with Gasteiger partial charge in [-0.05, 0) is 24.2 Å². The Hall–Kier alpha value is -0.180. The first-order valence-electron chi connectivity index (χ1n) is 7.05. The van der Waals surface area contributed by atoms with Gasteiger partial charge in [0.2, 0.25) is 0 Å². The highest BCUT2D eigenvalue weighted by molar-refractivity contribution is 8.14. The van der Waals surface area contributed by atoms with Gasteiger partial charge in [0, 0.05) is 11.3 Å². The fraction of sp³-hybridized carbons (Fsp3) is 0.929. The minimum absolute atomic E-state index is 0.649. The maximum Gasteiger partial charge on any atom is 0.157 e. The van der Waals surface area contributed by atoms with E-state index in [0.29, 0.717) is 11.3 Å². The maximum atomic E-state index is 4.66. The van der Waals surface area contributed by atoms with Crippen molar-refractivity contribution in [2.45, 2.75) is 58.2 Å². The second-order valence-electron chi connectivity index (χ2n) is 6.06. The summed E-state index contributed by atoms with van der Waals surface area (Å²) in [5.41, 5.74) is 0. The predicted octanol–water partition coefficient (Wildman–Crippen LogP) is 3.53. The Kier molecular flexibility index (Phi) is 4.40. The van der Waals surface area contributed by atoms with Crippen LogP contribution < -0.4 is 5.32 Å². The molecule has 0 aromatic carbocycles.